The summed E-state index contributed by atoms with van der Waals surface area (Å²) >= 11 is 3.53. The standard InChI is InChI=1S/C20H24BrNO2/c1-5-15-8-7-9-16(6-2)20(15)22-18(23)12-24-17-10-13(3)19(21)14(4)11-17/h7-11H,5-6,12H2,1-4H3,(H,22,23). The molecule has 4 heteroatoms. The Bertz CT molecular complexity index is 695. The van der Waals surface area contributed by atoms with Gasteiger partial charge in [-0.25, -0.2) is 0 Å². The lowest BCUT2D eigenvalue weighted by Crippen LogP contribution is -2.21. The van der Waals surface area contributed by atoms with E-state index in [-0.39, 0.29) is 12.5 Å². The van der Waals surface area contributed by atoms with Gasteiger partial charge in [-0.05, 0) is 61.1 Å². The highest BCUT2D eigenvalue weighted by molar-refractivity contribution is 9.10. The summed E-state index contributed by atoms with van der Waals surface area (Å²) in [5.74, 6) is 0.576. The van der Waals surface area contributed by atoms with Crippen LogP contribution < -0.4 is 10.1 Å². The first kappa shape index (κ1) is 18.5. The molecule has 0 aliphatic rings. The van der Waals surface area contributed by atoms with Crippen LogP contribution in [-0.4, -0.2) is 12.5 Å². The third-order valence-electron chi connectivity index (χ3n) is 4.04. The van der Waals surface area contributed by atoms with Gasteiger partial charge in [0.05, 0.1) is 0 Å². The molecule has 0 saturated carbocycles. The summed E-state index contributed by atoms with van der Waals surface area (Å²) in [6.45, 7) is 8.20. The highest BCUT2D eigenvalue weighted by Gasteiger charge is 2.11. The van der Waals surface area contributed by atoms with E-state index in [0.29, 0.717) is 5.75 Å². The number of carbonyl (C=O) groups is 1. The molecule has 0 spiro atoms. The molecule has 0 fully saturated rings. The Morgan fingerprint density at radius 1 is 1.08 bits per heavy atom. The van der Waals surface area contributed by atoms with Crippen molar-refractivity contribution in [3.8, 4) is 5.75 Å². The molecule has 0 bridgehead atoms. The van der Waals surface area contributed by atoms with Crippen molar-refractivity contribution in [1.82, 2.24) is 0 Å². The summed E-state index contributed by atoms with van der Waals surface area (Å²) in [7, 11) is 0. The molecule has 3 nitrogen and oxygen atoms in total. The van der Waals surface area contributed by atoms with E-state index in [1.54, 1.807) is 0 Å². The Morgan fingerprint density at radius 2 is 1.62 bits per heavy atom. The molecule has 1 amide bonds. The van der Waals surface area contributed by atoms with Crippen molar-refractivity contribution in [3.05, 3.63) is 57.1 Å². The summed E-state index contributed by atoms with van der Waals surface area (Å²) in [5, 5.41) is 3.02. The van der Waals surface area contributed by atoms with Crippen LogP contribution in [0.3, 0.4) is 0 Å². The molecule has 0 heterocycles. The van der Waals surface area contributed by atoms with Crippen LogP contribution in [-0.2, 0) is 17.6 Å². The molecule has 0 aromatic heterocycles. The third-order valence-corrected chi connectivity index (χ3v) is 5.29. The molecule has 24 heavy (non-hydrogen) atoms. The van der Waals surface area contributed by atoms with Crippen LogP contribution in [0.25, 0.3) is 0 Å². The predicted octanol–water partition coefficient (Wildman–Crippen LogP) is 5.21. The number of benzene rings is 2. The average Bonchev–Trinajstić information content (AvgIpc) is 2.57. The normalized spacial score (nSPS) is 10.5. The van der Waals surface area contributed by atoms with E-state index in [2.05, 4.69) is 47.2 Å². The third kappa shape index (κ3) is 4.38. The average molecular weight is 390 g/mol. The van der Waals surface area contributed by atoms with E-state index in [0.717, 1.165) is 45.3 Å². The van der Waals surface area contributed by atoms with Crippen LogP contribution in [0.15, 0.2) is 34.8 Å². The number of rotatable bonds is 6. The molecule has 0 saturated heterocycles. The molecule has 2 rings (SSSR count). The first-order valence-corrected chi connectivity index (χ1v) is 9.05. The smallest absolute Gasteiger partial charge is 0.262 e. The lowest BCUT2D eigenvalue weighted by atomic mass is 10.0. The fourth-order valence-corrected chi connectivity index (χ4v) is 2.95. The molecule has 2 aromatic rings. The van der Waals surface area contributed by atoms with Gasteiger partial charge < -0.3 is 10.1 Å². The van der Waals surface area contributed by atoms with Crippen LogP contribution >= 0.6 is 15.9 Å². The van der Waals surface area contributed by atoms with Gasteiger partial charge in [0.2, 0.25) is 0 Å². The molecular formula is C20H24BrNO2. The Kier molecular flexibility index (Phi) is 6.44. The SMILES string of the molecule is CCc1cccc(CC)c1NC(=O)COc1cc(C)c(Br)c(C)c1. The van der Waals surface area contributed by atoms with Gasteiger partial charge >= 0.3 is 0 Å². The number of amides is 1. The van der Waals surface area contributed by atoms with Crippen molar-refractivity contribution in [2.24, 2.45) is 0 Å². The summed E-state index contributed by atoms with van der Waals surface area (Å²) < 4.78 is 6.74. The van der Waals surface area contributed by atoms with E-state index in [1.807, 2.05) is 32.0 Å². The van der Waals surface area contributed by atoms with Crippen LogP contribution in [0, 0.1) is 13.8 Å². The van der Waals surface area contributed by atoms with E-state index < -0.39 is 0 Å². The summed E-state index contributed by atoms with van der Waals surface area (Å²) in [6.07, 6.45) is 1.77. The van der Waals surface area contributed by atoms with Crippen LogP contribution in [0.1, 0.15) is 36.1 Å². The maximum atomic E-state index is 12.3. The first-order valence-electron chi connectivity index (χ1n) is 8.26. The lowest BCUT2D eigenvalue weighted by molar-refractivity contribution is -0.118. The second kappa shape index (κ2) is 8.34. The molecule has 0 radical (unpaired) electrons. The van der Waals surface area contributed by atoms with Gasteiger partial charge in [-0.3, -0.25) is 4.79 Å². The minimum Gasteiger partial charge on any atom is -0.484 e. The minimum absolute atomic E-state index is 0.00170. The van der Waals surface area contributed by atoms with Crippen LogP contribution in [0.5, 0.6) is 5.75 Å². The van der Waals surface area contributed by atoms with Crippen molar-refractivity contribution in [2.45, 2.75) is 40.5 Å². The molecule has 0 aliphatic heterocycles. The van der Waals surface area contributed by atoms with Gasteiger partial charge in [0.15, 0.2) is 6.61 Å². The zero-order valence-corrected chi connectivity index (χ0v) is 16.3. The van der Waals surface area contributed by atoms with Crippen molar-refractivity contribution in [3.63, 3.8) is 0 Å². The number of hydrogen-bond acceptors (Lipinski definition) is 2. The van der Waals surface area contributed by atoms with Crippen molar-refractivity contribution >= 4 is 27.5 Å². The van der Waals surface area contributed by atoms with Gasteiger partial charge in [0.1, 0.15) is 5.75 Å². The molecule has 2 aromatic carbocycles. The Balaban J connectivity index is 2.07. The molecular weight excluding hydrogens is 366 g/mol. The second-order valence-corrected chi connectivity index (χ2v) is 6.66. The number of carbonyl (C=O) groups excluding carboxylic acids is 1. The summed E-state index contributed by atoms with van der Waals surface area (Å²) in [4.78, 5) is 12.3. The molecule has 0 aliphatic carbocycles. The van der Waals surface area contributed by atoms with Gasteiger partial charge in [-0.1, -0.05) is 48.0 Å². The lowest BCUT2D eigenvalue weighted by Gasteiger charge is -2.15. The Hall–Kier alpha value is -1.81. The van der Waals surface area contributed by atoms with Gasteiger partial charge in [0.25, 0.3) is 5.91 Å². The highest BCUT2D eigenvalue weighted by atomic mass is 79.9. The van der Waals surface area contributed by atoms with Crippen LogP contribution in [0.2, 0.25) is 0 Å². The number of halogens is 1. The van der Waals surface area contributed by atoms with E-state index >= 15 is 0 Å². The van der Waals surface area contributed by atoms with Crippen LogP contribution in [0.4, 0.5) is 5.69 Å². The first-order chi connectivity index (χ1) is 11.5. The Labute approximate surface area is 152 Å². The largest absolute Gasteiger partial charge is 0.484 e. The number of anilines is 1. The van der Waals surface area contributed by atoms with Crippen molar-refractivity contribution < 1.29 is 9.53 Å². The van der Waals surface area contributed by atoms with Gasteiger partial charge in [0, 0.05) is 10.2 Å². The van der Waals surface area contributed by atoms with Crippen molar-refractivity contribution in [2.75, 3.05) is 11.9 Å². The summed E-state index contributed by atoms with van der Waals surface area (Å²) in [5.41, 5.74) is 5.42. The van der Waals surface area contributed by atoms with E-state index in [1.165, 1.54) is 0 Å². The van der Waals surface area contributed by atoms with Gasteiger partial charge in [-0.15, -0.1) is 0 Å². The Morgan fingerprint density at radius 3 is 2.12 bits per heavy atom. The highest BCUT2D eigenvalue weighted by Crippen LogP contribution is 2.26. The number of hydrogen-bond donors (Lipinski definition) is 1. The molecule has 128 valence electrons. The summed E-state index contributed by atoms with van der Waals surface area (Å²) in [6, 6.07) is 10.0. The predicted molar refractivity (Wildman–Crippen MR) is 103 cm³/mol. The molecule has 1 N–H and O–H groups in total. The van der Waals surface area contributed by atoms with E-state index in [9.17, 15) is 4.79 Å². The number of ether oxygens (including phenoxy) is 1. The zero-order chi connectivity index (χ0) is 17.7. The van der Waals surface area contributed by atoms with E-state index in [4.69, 9.17) is 4.74 Å². The van der Waals surface area contributed by atoms with Gasteiger partial charge in [-0.2, -0.15) is 0 Å². The quantitative estimate of drug-likeness (QED) is 0.736. The maximum Gasteiger partial charge on any atom is 0.262 e. The van der Waals surface area contributed by atoms with Crippen molar-refractivity contribution in [1.29, 1.82) is 0 Å². The monoisotopic (exact) mass is 389 g/mol. The minimum atomic E-state index is -0.135. The maximum absolute atomic E-state index is 12.3. The second-order valence-electron chi connectivity index (χ2n) is 5.87. The number of nitrogens with one attached hydrogen (secondary N) is 1. The fraction of sp³-hybridized carbons (Fsp3) is 0.350. The molecule has 0 unspecified atom stereocenters. The molecule has 0 atom stereocenters. The number of para-hydroxylation sites is 1. The fourth-order valence-electron chi connectivity index (χ4n) is 2.72. The topological polar surface area (TPSA) is 38.3 Å². The zero-order valence-electron chi connectivity index (χ0n) is 14.7. The number of aryl methyl sites for hydroxylation is 4.